The quantitative estimate of drug-likeness (QED) is 0.729. The van der Waals surface area contributed by atoms with Gasteiger partial charge >= 0.3 is 0 Å². The van der Waals surface area contributed by atoms with Crippen molar-refractivity contribution in [2.75, 3.05) is 0 Å². The van der Waals surface area contributed by atoms with E-state index in [0.717, 1.165) is 28.6 Å². The predicted molar refractivity (Wildman–Crippen MR) is 76.8 cm³/mol. The van der Waals surface area contributed by atoms with Gasteiger partial charge in [0.25, 0.3) is 0 Å². The van der Waals surface area contributed by atoms with Gasteiger partial charge in [-0.2, -0.15) is 5.10 Å². The van der Waals surface area contributed by atoms with Gasteiger partial charge in [-0.25, -0.2) is 0 Å². The van der Waals surface area contributed by atoms with Crippen LogP contribution in [0.15, 0.2) is 30.6 Å². The second-order valence-corrected chi connectivity index (χ2v) is 5.34. The van der Waals surface area contributed by atoms with Crippen molar-refractivity contribution in [2.24, 2.45) is 0 Å². The fourth-order valence-corrected chi connectivity index (χ4v) is 2.60. The Labute approximate surface area is 125 Å². The molecule has 0 saturated carbocycles. The van der Waals surface area contributed by atoms with E-state index in [0.29, 0.717) is 18.2 Å². The molecule has 0 radical (unpaired) electrons. The summed E-state index contributed by atoms with van der Waals surface area (Å²) in [4.78, 5) is 0. The molecule has 0 saturated heterocycles. The lowest BCUT2D eigenvalue weighted by Gasteiger charge is -2.21. The molecule has 0 bridgehead atoms. The summed E-state index contributed by atoms with van der Waals surface area (Å²) < 4.78 is 9.54. The maximum Gasteiger partial charge on any atom is 0.175 e. The number of rotatable bonds is 2. The third-order valence-corrected chi connectivity index (χ3v) is 3.90. The van der Waals surface area contributed by atoms with E-state index in [1.54, 1.807) is 6.20 Å². The van der Waals surface area contributed by atoms with Gasteiger partial charge in [-0.1, -0.05) is 11.6 Å². The van der Waals surface area contributed by atoms with Gasteiger partial charge in [-0.15, -0.1) is 10.2 Å². The molecule has 0 spiro atoms. The summed E-state index contributed by atoms with van der Waals surface area (Å²) in [5.74, 6) is 2.35. The van der Waals surface area contributed by atoms with E-state index in [4.69, 9.17) is 16.3 Å². The second-order valence-electron chi connectivity index (χ2n) is 4.93. The Hall–Kier alpha value is -2.34. The SMILES string of the molecule is Cc1cc2c(cc1Cl)OCc1nnc(Cn3cccn3)n1-2. The molecule has 21 heavy (non-hydrogen) atoms. The Morgan fingerprint density at radius 1 is 1.33 bits per heavy atom. The van der Waals surface area contributed by atoms with E-state index in [-0.39, 0.29) is 0 Å². The van der Waals surface area contributed by atoms with Crippen molar-refractivity contribution in [1.29, 1.82) is 0 Å². The number of fused-ring (bicyclic) bond motifs is 3. The highest BCUT2D eigenvalue weighted by atomic mass is 35.5. The molecule has 3 heterocycles. The van der Waals surface area contributed by atoms with Crippen LogP contribution in [0.1, 0.15) is 17.2 Å². The molecule has 2 aromatic heterocycles. The Bertz CT molecular complexity index is 809. The molecule has 0 aliphatic carbocycles. The maximum atomic E-state index is 6.17. The third kappa shape index (κ3) is 1.99. The van der Waals surface area contributed by atoms with E-state index in [1.165, 1.54) is 0 Å². The molecule has 1 aliphatic heterocycles. The van der Waals surface area contributed by atoms with Gasteiger partial charge < -0.3 is 4.74 Å². The lowest BCUT2D eigenvalue weighted by atomic mass is 10.2. The first-order chi connectivity index (χ1) is 10.2. The topological polar surface area (TPSA) is 57.8 Å². The monoisotopic (exact) mass is 301 g/mol. The lowest BCUT2D eigenvalue weighted by Crippen LogP contribution is -2.16. The van der Waals surface area contributed by atoms with Crippen molar-refractivity contribution in [3.05, 3.63) is 52.8 Å². The summed E-state index contributed by atoms with van der Waals surface area (Å²) in [6.07, 6.45) is 3.64. The normalized spacial score (nSPS) is 12.7. The molecule has 1 aromatic carbocycles. The van der Waals surface area contributed by atoms with Crippen molar-refractivity contribution >= 4 is 11.6 Å². The summed E-state index contributed by atoms with van der Waals surface area (Å²) in [6, 6.07) is 5.72. The molecule has 0 N–H and O–H groups in total. The molecular formula is C14H12ClN5O. The minimum Gasteiger partial charge on any atom is -0.483 e. The third-order valence-electron chi connectivity index (χ3n) is 3.50. The first-order valence-electron chi connectivity index (χ1n) is 6.56. The van der Waals surface area contributed by atoms with Gasteiger partial charge in [0, 0.05) is 23.5 Å². The highest BCUT2D eigenvalue weighted by Gasteiger charge is 2.23. The van der Waals surface area contributed by atoms with Gasteiger partial charge in [0.15, 0.2) is 11.6 Å². The van der Waals surface area contributed by atoms with Gasteiger partial charge in [-0.3, -0.25) is 9.25 Å². The Morgan fingerprint density at radius 3 is 3.05 bits per heavy atom. The van der Waals surface area contributed by atoms with Crippen LogP contribution in [-0.2, 0) is 13.2 Å². The molecule has 0 amide bonds. The number of halogens is 1. The standard InChI is InChI=1S/C14H12ClN5O/c1-9-5-11-12(6-10(9)15)21-8-14-18-17-13(20(11)14)7-19-4-2-3-16-19/h2-6H,7-8H2,1H3. The van der Waals surface area contributed by atoms with Crippen LogP contribution in [0.3, 0.4) is 0 Å². The van der Waals surface area contributed by atoms with Crippen LogP contribution in [0.5, 0.6) is 5.75 Å². The first kappa shape index (κ1) is 12.4. The molecule has 3 aromatic rings. The molecule has 106 valence electrons. The van der Waals surface area contributed by atoms with Crippen LogP contribution in [0.25, 0.3) is 5.69 Å². The minimum absolute atomic E-state index is 0.387. The number of aromatic nitrogens is 5. The second kappa shape index (κ2) is 4.60. The number of hydrogen-bond acceptors (Lipinski definition) is 4. The summed E-state index contributed by atoms with van der Waals surface area (Å²) in [5.41, 5.74) is 1.91. The zero-order valence-electron chi connectivity index (χ0n) is 11.3. The largest absolute Gasteiger partial charge is 0.483 e. The summed E-state index contributed by atoms with van der Waals surface area (Å²) in [5, 5.41) is 13.4. The van der Waals surface area contributed by atoms with Crippen molar-refractivity contribution < 1.29 is 4.74 Å². The van der Waals surface area contributed by atoms with Crippen molar-refractivity contribution in [2.45, 2.75) is 20.1 Å². The number of benzene rings is 1. The fourth-order valence-electron chi connectivity index (χ4n) is 2.45. The van der Waals surface area contributed by atoms with Crippen LogP contribution in [0.4, 0.5) is 0 Å². The summed E-state index contributed by atoms with van der Waals surface area (Å²) in [7, 11) is 0. The predicted octanol–water partition coefficient (Wildman–Crippen LogP) is 2.37. The Balaban J connectivity index is 1.85. The van der Waals surface area contributed by atoms with Crippen LogP contribution in [0, 0.1) is 6.92 Å². The molecule has 6 nitrogen and oxygen atoms in total. The number of ether oxygens (including phenoxy) is 1. The van der Waals surface area contributed by atoms with Crippen LogP contribution in [-0.4, -0.2) is 24.5 Å². The first-order valence-corrected chi connectivity index (χ1v) is 6.94. The smallest absolute Gasteiger partial charge is 0.175 e. The maximum absolute atomic E-state index is 6.17. The molecular weight excluding hydrogens is 290 g/mol. The van der Waals surface area contributed by atoms with E-state index < -0.39 is 0 Å². The summed E-state index contributed by atoms with van der Waals surface area (Å²) >= 11 is 6.17. The van der Waals surface area contributed by atoms with Gasteiger partial charge in [0.05, 0.1) is 5.69 Å². The average Bonchev–Trinajstić information content (AvgIpc) is 3.11. The zero-order chi connectivity index (χ0) is 14.4. The number of aryl methyl sites for hydroxylation is 1. The highest BCUT2D eigenvalue weighted by molar-refractivity contribution is 6.31. The van der Waals surface area contributed by atoms with E-state index in [9.17, 15) is 0 Å². The van der Waals surface area contributed by atoms with E-state index in [1.807, 2.05) is 40.6 Å². The number of nitrogens with zero attached hydrogens (tertiary/aromatic N) is 5. The summed E-state index contributed by atoms with van der Waals surface area (Å²) in [6.45, 7) is 2.91. The van der Waals surface area contributed by atoms with E-state index >= 15 is 0 Å². The van der Waals surface area contributed by atoms with Crippen LogP contribution >= 0.6 is 11.6 Å². The molecule has 0 atom stereocenters. The molecule has 4 rings (SSSR count). The van der Waals surface area contributed by atoms with Crippen molar-refractivity contribution in [3.63, 3.8) is 0 Å². The Kier molecular flexibility index (Phi) is 2.71. The number of hydrogen-bond donors (Lipinski definition) is 0. The van der Waals surface area contributed by atoms with Crippen LogP contribution in [0.2, 0.25) is 5.02 Å². The van der Waals surface area contributed by atoms with Gasteiger partial charge in [0.1, 0.15) is 18.9 Å². The minimum atomic E-state index is 0.387. The average molecular weight is 302 g/mol. The molecule has 0 fully saturated rings. The van der Waals surface area contributed by atoms with Crippen molar-refractivity contribution in [1.82, 2.24) is 24.5 Å². The van der Waals surface area contributed by atoms with Gasteiger partial charge in [-0.05, 0) is 24.6 Å². The molecule has 1 aliphatic rings. The fraction of sp³-hybridized carbons (Fsp3) is 0.214. The zero-order valence-corrected chi connectivity index (χ0v) is 12.1. The lowest BCUT2D eigenvalue weighted by molar-refractivity contribution is 0.278. The van der Waals surface area contributed by atoms with E-state index in [2.05, 4.69) is 15.3 Å². The molecule has 0 unspecified atom stereocenters. The van der Waals surface area contributed by atoms with Gasteiger partial charge in [0.2, 0.25) is 0 Å². The van der Waals surface area contributed by atoms with Crippen LogP contribution < -0.4 is 4.74 Å². The molecule has 7 heteroatoms. The van der Waals surface area contributed by atoms with Crippen molar-refractivity contribution in [3.8, 4) is 11.4 Å². The highest BCUT2D eigenvalue weighted by Crippen LogP contribution is 2.34. The Morgan fingerprint density at radius 2 is 2.24 bits per heavy atom.